The van der Waals surface area contributed by atoms with Crippen molar-refractivity contribution in [2.75, 3.05) is 6.26 Å². The van der Waals surface area contributed by atoms with Gasteiger partial charge in [0.05, 0.1) is 23.3 Å². The molecule has 0 spiro atoms. The smallest absolute Gasteiger partial charge is 0.338 e. The van der Waals surface area contributed by atoms with Gasteiger partial charge in [0.25, 0.3) is 10.1 Å². The van der Waals surface area contributed by atoms with Gasteiger partial charge in [-0.25, -0.2) is 4.79 Å². The summed E-state index contributed by atoms with van der Waals surface area (Å²) in [6.45, 7) is 19.9. The average Bonchev–Trinajstić information content (AvgIpc) is 3.15. The first-order chi connectivity index (χ1) is 20.0. The number of hydrogen-bond donors (Lipinski definition) is 2. The van der Waals surface area contributed by atoms with E-state index in [-0.39, 0.29) is 23.4 Å². The van der Waals surface area contributed by atoms with Crippen molar-refractivity contribution in [2.24, 2.45) is 22.7 Å². The highest BCUT2D eigenvalue weighted by Gasteiger charge is 2.70. The van der Waals surface area contributed by atoms with E-state index in [1.54, 1.807) is 51.1 Å². The number of carbonyl (C=O) groups is 2. The van der Waals surface area contributed by atoms with Crippen LogP contribution in [0.15, 0.2) is 42.5 Å². The number of Topliss-reactive ketones (excluding diaryl/α,β-unsaturated/α-hetero) is 1. The Morgan fingerprint density at radius 1 is 1.09 bits per heavy atom. The van der Waals surface area contributed by atoms with Crippen LogP contribution in [-0.2, 0) is 28.3 Å². The third-order valence-corrected chi connectivity index (χ3v) is 16.5. The molecule has 2 bridgehead atoms. The number of benzene rings is 1. The van der Waals surface area contributed by atoms with Gasteiger partial charge in [-0.15, -0.1) is 0 Å². The molecule has 1 aromatic rings. The van der Waals surface area contributed by atoms with E-state index in [1.165, 1.54) is 0 Å². The Labute approximate surface area is 263 Å². The fourth-order valence-corrected chi connectivity index (χ4v) is 9.68. The fraction of sp³-hybridized carbons (Fsp3) is 0.697. The molecule has 0 radical (unpaired) electrons. The second kappa shape index (κ2) is 11.4. The SMILES string of the molecule is C=C1CC[C@H](O[Si](C)(C)C(C)(C)C)[C@@]2(C)C(=O)[C@H](O)C3CC[C@@](O)([C@@H](OS(C)(=O)=O)[C@@H](OC(=O)c4ccccc4)[C@H]12)C3(C)C. The predicted octanol–water partition coefficient (Wildman–Crippen LogP) is 5.03. The van der Waals surface area contributed by atoms with Crippen LogP contribution in [0.3, 0.4) is 0 Å². The number of fused-ring (bicyclic) bond motifs is 3. The van der Waals surface area contributed by atoms with Crippen LogP contribution in [0, 0.1) is 22.7 Å². The van der Waals surface area contributed by atoms with Crippen molar-refractivity contribution in [2.45, 2.75) is 115 Å². The first-order valence-electron chi connectivity index (χ1n) is 15.4. The van der Waals surface area contributed by atoms with Gasteiger partial charge in [-0.1, -0.05) is 65.0 Å². The normalized spacial score (nSPS) is 36.2. The molecule has 44 heavy (non-hydrogen) atoms. The summed E-state index contributed by atoms with van der Waals surface area (Å²) in [5, 5.41) is 24.2. The standard InChI is InChI=1S/C33H50O9SSi/c1-20-16-17-23(42-44(9,10)30(2,3)4)32(7)24(20)26(40-29(36)21-14-12-11-13-15-21)28(41-43(8,38)39)33(37)19-18-22(31(33,5)6)25(34)27(32)35/h11-15,22-26,28,34,37H,1,16-19H2,2-10H3/t22?,23-,24-,25+,26-,28-,32+,33+/m0/s1. The monoisotopic (exact) mass is 650 g/mol. The summed E-state index contributed by atoms with van der Waals surface area (Å²) in [4.78, 5) is 28.6. The molecule has 11 heteroatoms. The highest BCUT2D eigenvalue weighted by atomic mass is 32.2. The second-order valence-corrected chi connectivity index (χ2v) is 21.7. The molecule has 246 valence electrons. The topological polar surface area (TPSA) is 136 Å². The maximum absolute atomic E-state index is 14.8. The summed E-state index contributed by atoms with van der Waals surface area (Å²) < 4.78 is 44.8. The Hall–Kier alpha value is -1.89. The molecular formula is C33H50O9SSi. The van der Waals surface area contributed by atoms with Crippen LogP contribution < -0.4 is 0 Å². The van der Waals surface area contributed by atoms with Crippen LogP contribution in [0.25, 0.3) is 0 Å². The zero-order valence-electron chi connectivity index (χ0n) is 27.5. The van der Waals surface area contributed by atoms with E-state index < -0.39 is 82.9 Å². The molecule has 4 rings (SSSR count). The number of aliphatic hydroxyl groups excluding tert-OH is 1. The van der Waals surface area contributed by atoms with Gasteiger partial charge in [0.2, 0.25) is 0 Å². The maximum Gasteiger partial charge on any atom is 0.338 e. The molecule has 9 nitrogen and oxygen atoms in total. The molecule has 1 aromatic carbocycles. The van der Waals surface area contributed by atoms with Crippen LogP contribution in [0.4, 0.5) is 0 Å². The van der Waals surface area contributed by atoms with Crippen LogP contribution >= 0.6 is 0 Å². The third-order valence-electron chi connectivity index (χ3n) is 11.4. The molecule has 3 aliphatic rings. The van der Waals surface area contributed by atoms with Crippen molar-refractivity contribution in [3.63, 3.8) is 0 Å². The number of ether oxygens (including phenoxy) is 1. The molecule has 0 aromatic heterocycles. The van der Waals surface area contributed by atoms with Gasteiger partial charge in [0.1, 0.15) is 23.9 Å². The summed E-state index contributed by atoms with van der Waals surface area (Å²) in [5.74, 6) is -3.01. The minimum atomic E-state index is -4.23. The summed E-state index contributed by atoms with van der Waals surface area (Å²) >= 11 is 0. The van der Waals surface area contributed by atoms with E-state index in [9.17, 15) is 28.2 Å². The third kappa shape index (κ3) is 5.77. The van der Waals surface area contributed by atoms with Gasteiger partial charge in [-0.2, -0.15) is 8.42 Å². The predicted molar refractivity (Wildman–Crippen MR) is 170 cm³/mol. The Balaban J connectivity index is 2.02. The molecule has 0 heterocycles. The van der Waals surface area contributed by atoms with Gasteiger partial charge in [0.15, 0.2) is 14.1 Å². The molecule has 3 aliphatic carbocycles. The maximum atomic E-state index is 14.8. The minimum absolute atomic E-state index is 0.0222. The molecule has 2 N–H and O–H groups in total. The lowest BCUT2D eigenvalue weighted by Crippen LogP contribution is -2.64. The van der Waals surface area contributed by atoms with E-state index in [4.69, 9.17) is 13.3 Å². The quantitative estimate of drug-likeness (QED) is 0.188. The molecule has 8 atom stereocenters. The van der Waals surface area contributed by atoms with Gasteiger partial charge in [-0.3, -0.25) is 8.98 Å². The average molecular weight is 651 g/mol. The van der Waals surface area contributed by atoms with Crippen molar-refractivity contribution in [3.05, 3.63) is 48.0 Å². The first kappa shape index (κ1) is 35.0. The van der Waals surface area contributed by atoms with E-state index in [0.29, 0.717) is 18.4 Å². The number of rotatable bonds is 6. The molecule has 0 aliphatic heterocycles. The molecule has 1 unspecified atom stereocenters. The van der Waals surface area contributed by atoms with E-state index in [0.717, 1.165) is 6.26 Å². The molecule has 0 amide bonds. The number of aliphatic hydroxyl groups is 2. The first-order valence-corrected chi connectivity index (χ1v) is 20.2. The molecule has 3 saturated carbocycles. The van der Waals surface area contributed by atoms with Crippen LogP contribution in [0.5, 0.6) is 0 Å². The lowest BCUT2D eigenvalue weighted by molar-refractivity contribution is -0.180. The zero-order chi connectivity index (χ0) is 33.3. The molecular weight excluding hydrogens is 601 g/mol. The molecule has 0 saturated heterocycles. The number of esters is 1. The largest absolute Gasteiger partial charge is 0.455 e. The summed E-state index contributed by atoms with van der Waals surface area (Å²) in [6, 6.07) is 8.24. The van der Waals surface area contributed by atoms with Gasteiger partial charge < -0.3 is 19.4 Å². The lowest BCUT2D eigenvalue weighted by Gasteiger charge is -2.54. The van der Waals surface area contributed by atoms with Crippen LogP contribution in [0.1, 0.15) is 77.6 Å². The van der Waals surface area contributed by atoms with Crippen LogP contribution in [0.2, 0.25) is 18.1 Å². The number of carbonyl (C=O) groups excluding carboxylic acids is 2. The van der Waals surface area contributed by atoms with Gasteiger partial charge in [0, 0.05) is 17.3 Å². The zero-order valence-corrected chi connectivity index (χ0v) is 29.4. The van der Waals surface area contributed by atoms with Gasteiger partial charge >= 0.3 is 5.97 Å². The van der Waals surface area contributed by atoms with Crippen molar-refractivity contribution in [1.29, 1.82) is 0 Å². The Morgan fingerprint density at radius 2 is 1.68 bits per heavy atom. The van der Waals surface area contributed by atoms with E-state index in [1.807, 2.05) is 0 Å². The van der Waals surface area contributed by atoms with Crippen molar-refractivity contribution in [3.8, 4) is 0 Å². The molecule has 3 fully saturated rings. The highest BCUT2D eigenvalue weighted by Crippen LogP contribution is 2.61. The van der Waals surface area contributed by atoms with Crippen molar-refractivity contribution >= 4 is 30.2 Å². The van der Waals surface area contributed by atoms with Crippen molar-refractivity contribution < 1.29 is 41.6 Å². The highest BCUT2D eigenvalue weighted by molar-refractivity contribution is 7.86. The summed E-state index contributed by atoms with van der Waals surface area (Å²) in [5.41, 5.74) is -3.86. The van der Waals surface area contributed by atoms with E-state index >= 15 is 0 Å². The summed E-state index contributed by atoms with van der Waals surface area (Å²) in [7, 11) is -6.73. The summed E-state index contributed by atoms with van der Waals surface area (Å²) in [6.07, 6.45) is -3.28. The number of hydrogen-bond acceptors (Lipinski definition) is 9. The van der Waals surface area contributed by atoms with Crippen molar-refractivity contribution in [1.82, 2.24) is 0 Å². The fourth-order valence-electron chi connectivity index (χ4n) is 7.60. The van der Waals surface area contributed by atoms with E-state index in [2.05, 4.69) is 40.4 Å². The van der Waals surface area contributed by atoms with Gasteiger partial charge in [-0.05, 0) is 62.9 Å². The Morgan fingerprint density at radius 3 is 2.23 bits per heavy atom. The van der Waals surface area contributed by atoms with Crippen LogP contribution in [-0.4, -0.2) is 75.0 Å². The minimum Gasteiger partial charge on any atom is -0.455 e. The second-order valence-electron chi connectivity index (χ2n) is 15.4. The lowest BCUT2D eigenvalue weighted by atomic mass is 9.57. The Bertz CT molecular complexity index is 1400. The number of ketones is 1. The Kier molecular flexibility index (Phi) is 9.07.